The van der Waals surface area contributed by atoms with Crippen LogP contribution in [0.5, 0.6) is 5.75 Å². The van der Waals surface area contributed by atoms with Crippen LogP contribution in [0.1, 0.15) is 71.4 Å². The van der Waals surface area contributed by atoms with Crippen molar-refractivity contribution in [2.75, 3.05) is 13.1 Å². The van der Waals surface area contributed by atoms with E-state index in [9.17, 15) is 19.5 Å². The molecule has 3 amide bonds. The summed E-state index contributed by atoms with van der Waals surface area (Å²) in [5, 5.41) is 15.5. The molecule has 1 saturated carbocycles. The number of ether oxygens (including phenoxy) is 1. The smallest absolute Gasteiger partial charge is 0.408 e. The van der Waals surface area contributed by atoms with Gasteiger partial charge in [0.25, 0.3) is 0 Å². The zero-order valence-electron chi connectivity index (χ0n) is 18.9. The van der Waals surface area contributed by atoms with Gasteiger partial charge in [0, 0.05) is 12.6 Å². The summed E-state index contributed by atoms with van der Waals surface area (Å²) in [5.41, 5.74) is -0.164. The minimum Gasteiger partial charge on any atom is -0.508 e. The fourth-order valence-electron chi connectivity index (χ4n) is 3.76. The van der Waals surface area contributed by atoms with Gasteiger partial charge in [-0.05, 0) is 58.2 Å². The summed E-state index contributed by atoms with van der Waals surface area (Å²) in [4.78, 5) is 39.6. The van der Waals surface area contributed by atoms with Gasteiger partial charge in [0.15, 0.2) is 0 Å². The van der Waals surface area contributed by atoms with Crippen LogP contribution in [-0.2, 0) is 14.3 Å². The average molecular weight is 434 g/mol. The molecule has 1 atom stereocenters. The summed E-state index contributed by atoms with van der Waals surface area (Å²) in [6.45, 7) is 6.94. The van der Waals surface area contributed by atoms with Gasteiger partial charge in [-0.2, -0.15) is 0 Å². The largest absolute Gasteiger partial charge is 0.508 e. The molecule has 0 radical (unpaired) electrons. The van der Waals surface area contributed by atoms with Crippen LogP contribution < -0.4 is 10.6 Å². The van der Waals surface area contributed by atoms with Crippen LogP contribution in [0.15, 0.2) is 24.3 Å². The maximum absolute atomic E-state index is 13.3. The third-order valence-electron chi connectivity index (χ3n) is 5.14. The lowest BCUT2D eigenvalue weighted by Gasteiger charge is -2.33. The number of hydrogen-bond acceptors (Lipinski definition) is 5. The van der Waals surface area contributed by atoms with E-state index in [1.165, 1.54) is 17.0 Å². The molecule has 0 spiro atoms. The molecule has 0 aromatic heterocycles. The van der Waals surface area contributed by atoms with E-state index in [-0.39, 0.29) is 30.8 Å². The van der Waals surface area contributed by atoms with Gasteiger partial charge in [-0.3, -0.25) is 9.59 Å². The van der Waals surface area contributed by atoms with Gasteiger partial charge in [0.05, 0.1) is 0 Å². The van der Waals surface area contributed by atoms with E-state index in [0.29, 0.717) is 5.56 Å². The SMILES string of the molecule is CCN(C(=O)CNC(=O)OC(C)(C)C)C(C(=O)NC1CCCCC1)c1cccc(O)c1. The van der Waals surface area contributed by atoms with Crippen LogP contribution >= 0.6 is 0 Å². The van der Waals surface area contributed by atoms with Crippen molar-refractivity contribution in [3.63, 3.8) is 0 Å². The summed E-state index contributed by atoms with van der Waals surface area (Å²) < 4.78 is 5.18. The van der Waals surface area contributed by atoms with Gasteiger partial charge in [-0.25, -0.2) is 4.79 Å². The van der Waals surface area contributed by atoms with Crippen LogP contribution in [-0.4, -0.2) is 52.6 Å². The molecule has 0 bridgehead atoms. The maximum Gasteiger partial charge on any atom is 0.408 e. The molecular weight excluding hydrogens is 398 g/mol. The number of hydrogen-bond donors (Lipinski definition) is 3. The molecule has 172 valence electrons. The van der Waals surface area contributed by atoms with Crippen molar-refractivity contribution >= 4 is 17.9 Å². The summed E-state index contributed by atoms with van der Waals surface area (Å²) in [6.07, 6.45) is 4.43. The van der Waals surface area contributed by atoms with Crippen molar-refractivity contribution in [1.29, 1.82) is 0 Å². The first-order valence-corrected chi connectivity index (χ1v) is 11.0. The van der Waals surface area contributed by atoms with E-state index in [1.54, 1.807) is 39.8 Å². The normalized spacial score (nSPS) is 15.6. The number of aromatic hydroxyl groups is 1. The highest BCUT2D eigenvalue weighted by Crippen LogP contribution is 2.26. The Labute approximate surface area is 184 Å². The van der Waals surface area contributed by atoms with Gasteiger partial charge < -0.3 is 25.4 Å². The molecule has 0 aliphatic heterocycles. The lowest BCUT2D eigenvalue weighted by atomic mass is 9.94. The molecule has 1 unspecified atom stereocenters. The molecule has 1 aromatic carbocycles. The van der Waals surface area contributed by atoms with E-state index in [2.05, 4.69) is 10.6 Å². The number of nitrogens with zero attached hydrogens (tertiary/aromatic N) is 1. The molecule has 31 heavy (non-hydrogen) atoms. The fourth-order valence-corrected chi connectivity index (χ4v) is 3.76. The average Bonchev–Trinajstić information content (AvgIpc) is 2.69. The summed E-state index contributed by atoms with van der Waals surface area (Å²) >= 11 is 0. The molecule has 8 heteroatoms. The number of carbonyl (C=O) groups excluding carboxylic acids is 3. The zero-order valence-corrected chi connectivity index (χ0v) is 18.9. The maximum atomic E-state index is 13.3. The Kier molecular flexibility index (Phi) is 8.71. The molecule has 0 heterocycles. The first-order valence-electron chi connectivity index (χ1n) is 11.0. The zero-order chi connectivity index (χ0) is 23.0. The predicted molar refractivity (Wildman–Crippen MR) is 117 cm³/mol. The molecular formula is C23H35N3O5. The highest BCUT2D eigenvalue weighted by Gasteiger charge is 2.32. The van der Waals surface area contributed by atoms with Crippen LogP contribution in [0.2, 0.25) is 0 Å². The molecule has 1 aliphatic rings. The first kappa shape index (κ1) is 24.5. The summed E-state index contributed by atoms with van der Waals surface area (Å²) in [5.74, 6) is -0.686. The van der Waals surface area contributed by atoms with E-state index >= 15 is 0 Å². The second-order valence-electron chi connectivity index (χ2n) is 8.88. The molecule has 1 aliphatic carbocycles. The topological polar surface area (TPSA) is 108 Å². The van der Waals surface area contributed by atoms with E-state index in [1.807, 2.05) is 0 Å². The van der Waals surface area contributed by atoms with Crippen LogP contribution in [0.4, 0.5) is 4.79 Å². The van der Waals surface area contributed by atoms with Crippen molar-refractivity contribution < 1.29 is 24.2 Å². The van der Waals surface area contributed by atoms with Gasteiger partial charge in [-0.1, -0.05) is 31.4 Å². The molecule has 1 fully saturated rings. The number of likely N-dealkylation sites (N-methyl/N-ethyl adjacent to an activating group) is 1. The van der Waals surface area contributed by atoms with Crippen LogP contribution in [0.3, 0.4) is 0 Å². The minimum absolute atomic E-state index is 0.0170. The standard InChI is InChI=1S/C23H35N3O5/c1-5-26(19(28)15-24-22(30)31-23(2,3)4)20(16-10-9-13-18(27)14-16)21(29)25-17-11-7-6-8-12-17/h9-10,13-14,17,20,27H,5-8,11-12,15H2,1-4H3,(H,24,30)(H,25,29). The second-order valence-corrected chi connectivity index (χ2v) is 8.88. The van der Waals surface area contributed by atoms with E-state index < -0.39 is 23.6 Å². The van der Waals surface area contributed by atoms with Gasteiger partial charge in [0.2, 0.25) is 11.8 Å². The van der Waals surface area contributed by atoms with E-state index in [4.69, 9.17) is 4.74 Å². The third kappa shape index (κ3) is 7.77. The molecule has 8 nitrogen and oxygen atoms in total. The van der Waals surface area contributed by atoms with Crippen molar-refractivity contribution in [2.45, 2.75) is 77.5 Å². The van der Waals surface area contributed by atoms with Crippen molar-refractivity contribution in [1.82, 2.24) is 15.5 Å². The molecule has 2 rings (SSSR count). The number of phenolic OH excluding ortho intramolecular Hbond substituents is 1. The third-order valence-corrected chi connectivity index (χ3v) is 5.14. The second kappa shape index (κ2) is 11.0. The number of benzene rings is 1. The Morgan fingerprint density at radius 3 is 2.45 bits per heavy atom. The molecule has 0 saturated heterocycles. The fraction of sp³-hybridized carbons (Fsp3) is 0.609. The Bertz CT molecular complexity index is 769. The lowest BCUT2D eigenvalue weighted by molar-refractivity contribution is -0.140. The Hall–Kier alpha value is -2.77. The Balaban J connectivity index is 2.18. The van der Waals surface area contributed by atoms with Crippen molar-refractivity contribution in [2.24, 2.45) is 0 Å². The van der Waals surface area contributed by atoms with Crippen LogP contribution in [0.25, 0.3) is 0 Å². The minimum atomic E-state index is -0.910. The number of nitrogens with one attached hydrogen (secondary N) is 2. The van der Waals surface area contributed by atoms with Gasteiger partial charge in [0.1, 0.15) is 23.9 Å². The van der Waals surface area contributed by atoms with E-state index in [0.717, 1.165) is 32.1 Å². The molecule has 3 N–H and O–H groups in total. The Morgan fingerprint density at radius 2 is 1.87 bits per heavy atom. The highest BCUT2D eigenvalue weighted by atomic mass is 16.6. The summed E-state index contributed by atoms with van der Waals surface area (Å²) in [7, 11) is 0. The van der Waals surface area contributed by atoms with Crippen molar-refractivity contribution in [3.05, 3.63) is 29.8 Å². The monoisotopic (exact) mass is 433 g/mol. The number of amides is 3. The summed E-state index contributed by atoms with van der Waals surface area (Å²) in [6, 6.07) is 5.52. The quantitative estimate of drug-likeness (QED) is 0.612. The number of alkyl carbamates (subject to hydrolysis) is 1. The number of phenols is 1. The van der Waals surface area contributed by atoms with Gasteiger partial charge >= 0.3 is 6.09 Å². The lowest BCUT2D eigenvalue weighted by Crippen LogP contribution is -2.49. The Morgan fingerprint density at radius 1 is 1.19 bits per heavy atom. The van der Waals surface area contributed by atoms with Crippen LogP contribution in [0, 0.1) is 0 Å². The first-order chi connectivity index (χ1) is 14.6. The van der Waals surface area contributed by atoms with Gasteiger partial charge in [-0.15, -0.1) is 0 Å². The highest BCUT2D eigenvalue weighted by molar-refractivity contribution is 5.90. The predicted octanol–water partition coefficient (Wildman–Crippen LogP) is 3.26. The molecule has 1 aromatic rings. The number of carbonyl (C=O) groups is 3. The van der Waals surface area contributed by atoms with Crippen molar-refractivity contribution in [3.8, 4) is 5.75 Å². The number of rotatable bonds is 7.